The summed E-state index contributed by atoms with van der Waals surface area (Å²) in [5.74, 6) is 0.641. The van der Waals surface area contributed by atoms with Crippen LogP contribution in [0.4, 0.5) is 0 Å². The van der Waals surface area contributed by atoms with Crippen molar-refractivity contribution in [2.75, 3.05) is 13.7 Å². The lowest BCUT2D eigenvalue weighted by atomic mass is 9.84. The number of carbonyl (C=O) groups excluding carboxylic acids is 1. The summed E-state index contributed by atoms with van der Waals surface area (Å²) in [5.41, 5.74) is 3.86. The molecule has 0 bridgehead atoms. The van der Waals surface area contributed by atoms with E-state index in [0.29, 0.717) is 12.1 Å². The van der Waals surface area contributed by atoms with E-state index in [-0.39, 0.29) is 24.0 Å². The van der Waals surface area contributed by atoms with Crippen LogP contribution in [0.15, 0.2) is 103 Å². The first kappa shape index (κ1) is 24.5. The van der Waals surface area contributed by atoms with E-state index in [2.05, 4.69) is 67.4 Å². The summed E-state index contributed by atoms with van der Waals surface area (Å²) in [4.78, 5) is 11.9. The van der Waals surface area contributed by atoms with Crippen molar-refractivity contribution >= 4 is 16.7 Å². The molecular formula is C31H33NO3. The summed E-state index contributed by atoms with van der Waals surface area (Å²) in [7, 11) is 1.39. The fourth-order valence-electron chi connectivity index (χ4n) is 4.73. The van der Waals surface area contributed by atoms with Gasteiger partial charge in [0.25, 0.3) is 0 Å². The number of carbonyl (C=O) groups is 1. The van der Waals surface area contributed by atoms with Crippen LogP contribution in [0.1, 0.15) is 43.4 Å². The molecule has 4 heteroatoms. The van der Waals surface area contributed by atoms with Gasteiger partial charge in [-0.05, 0) is 54.3 Å². The van der Waals surface area contributed by atoms with Gasteiger partial charge in [-0.1, -0.05) is 79.4 Å². The van der Waals surface area contributed by atoms with Crippen molar-refractivity contribution in [1.82, 2.24) is 5.32 Å². The number of ether oxygens (including phenoxy) is 2. The van der Waals surface area contributed by atoms with Gasteiger partial charge < -0.3 is 14.8 Å². The van der Waals surface area contributed by atoms with Gasteiger partial charge >= 0.3 is 5.97 Å². The molecule has 3 atom stereocenters. The molecule has 0 aliphatic carbocycles. The molecule has 35 heavy (non-hydrogen) atoms. The molecule has 1 aliphatic rings. The second-order valence-corrected chi connectivity index (χ2v) is 8.91. The monoisotopic (exact) mass is 467 g/mol. The number of benzene rings is 3. The first-order valence-electron chi connectivity index (χ1n) is 12.1. The van der Waals surface area contributed by atoms with Crippen LogP contribution in [0.5, 0.6) is 5.75 Å². The van der Waals surface area contributed by atoms with Gasteiger partial charge in [0, 0.05) is 24.1 Å². The van der Waals surface area contributed by atoms with Crippen molar-refractivity contribution in [3.8, 4) is 5.75 Å². The molecule has 180 valence electrons. The lowest BCUT2D eigenvalue weighted by molar-refractivity contribution is -0.135. The first-order chi connectivity index (χ1) is 17.0. The largest absolute Gasteiger partial charge is 0.489 e. The summed E-state index contributed by atoms with van der Waals surface area (Å²) < 4.78 is 11.2. The van der Waals surface area contributed by atoms with E-state index in [9.17, 15) is 4.79 Å². The minimum Gasteiger partial charge on any atom is -0.489 e. The predicted octanol–water partition coefficient (Wildman–Crippen LogP) is 6.66. The summed E-state index contributed by atoms with van der Waals surface area (Å²) in [6.45, 7) is 9.07. The zero-order valence-electron chi connectivity index (χ0n) is 20.7. The van der Waals surface area contributed by atoms with Crippen LogP contribution in [0.2, 0.25) is 0 Å². The van der Waals surface area contributed by atoms with Crippen LogP contribution in [0.3, 0.4) is 0 Å². The predicted molar refractivity (Wildman–Crippen MR) is 143 cm³/mol. The number of fused-ring (bicyclic) bond motifs is 2. The van der Waals surface area contributed by atoms with Crippen molar-refractivity contribution in [3.05, 3.63) is 114 Å². The van der Waals surface area contributed by atoms with Crippen molar-refractivity contribution in [2.45, 2.75) is 38.3 Å². The maximum Gasteiger partial charge on any atom is 0.337 e. The molecule has 0 fully saturated rings. The van der Waals surface area contributed by atoms with Crippen LogP contribution in [-0.2, 0) is 9.53 Å². The second kappa shape index (κ2) is 11.2. The molecule has 0 saturated heterocycles. The average Bonchev–Trinajstić information content (AvgIpc) is 2.90. The van der Waals surface area contributed by atoms with Crippen LogP contribution >= 0.6 is 0 Å². The third-order valence-electron chi connectivity index (χ3n) is 6.68. The number of hydrogen-bond donors (Lipinski definition) is 1. The number of para-hydroxylation sites is 1. The summed E-state index contributed by atoms with van der Waals surface area (Å²) >= 11 is 0. The molecule has 3 aromatic carbocycles. The van der Waals surface area contributed by atoms with Gasteiger partial charge in [-0.15, -0.1) is 0 Å². The highest BCUT2D eigenvalue weighted by atomic mass is 16.5. The van der Waals surface area contributed by atoms with Crippen LogP contribution in [-0.4, -0.2) is 25.7 Å². The molecule has 1 heterocycles. The molecule has 0 spiro atoms. The van der Waals surface area contributed by atoms with E-state index in [0.717, 1.165) is 23.3 Å². The van der Waals surface area contributed by atoms with E-state index < -0.39 is 0 Å². The summed E-state index contributed by atoms with van der Waals surface area (Å²) in [6, 6.07) is 23.3. The Labute approximate surface area is 208 Å². The van der Waals surface area contributed by atoms with Gasteiger partial charge in [0.1, 0.15) is 11.9 Å². The van der Waals surface area contributed by atoms with Crippen molar-refractivity contribution in [2.24, 2.45) is 0 Å². The van der Waals surface area contributed by atoms with Gasteiger partial charge in [-0.2, -0.15) is 0 Å². The zero-order valence-corrected chi connectivity index (χ0v) is 20.7. The van der Waals surface area contributed by atoms with E-state index >= 15 is 0 Å². The van der Waals surface area contributed by atoms with Crippen molar-refractivity contribution in [1.29, 1.82) is 0 Å². The minimum atomic E-state index is -0.353. The minimum absolute atomic E-state index is 0.000675. The maximum absolute atomic E-state index is 11.9. The summed E-state index contributed by atoms with van der Waals surface area (Å²) in [6.07, 6.45) is 6.25. The van der Waals surface area contributed by atoms with Crippen molar-refractivity contribution < 1.29 is 14.3 Å². The van der Waals surface area contributed by atoms with Gasteiger partial charge in [0.15, 0.2) is 0 Å². The molecule has 0 unspecified atom stereocenters. The Hall–Kier alpha value is -3.63. The number of esters is 1. The molecule has 0 amide bonds. The molecule has 0 aromatic heterocycles. The fourth-order valence-corrected chi connectivity index (χ4v) is 4.73. The number of hydrogen-bond acceptors (Lipinski definition) is 4. The Kier molecular flexibility index (Phi) is 7.84. The highest BCUT2D eigenvalue weighted by Crippen LogP contribution is 2.40. The molecule has 3 aromatic rings. The smallest absolute Gasteiger partial charge is 0.337 e. The molecule has 0 radical (unpaired) electrons. The fraction of sp³-hybridized carbons (Fsp3) is 0.258. The second-order valence-electron chi connectivity index (χ2n) is 8.91. The normalized spacial score (nSPS) is 18.7. The van der Waals surface area contributed by atoms with Crippen LogP contribution < -0.4 is 10.1 Å². The molecule has 1 N–H and O–H groups in total. The van der Waals surface area contributed by atoms with E-state index in [1.165, 1.54) is 23.4 Å². The topological polar surface area (TPSA) is 47.6 Å². The van der Waals surface area contributed by atoms with Crippen molar-refractivity contribution in [3.63, 3.8) is 0 Å². The maximum atomic E-state index is 11.9. The lowest BCUT2D eigenvalue weighted by Crippen LogP contribution is -2.37. The highest BCUT2D eigenvalue weighted by Gasteiger charge is 2.29. The third-order valence-corrected chi connectivity index (χ3v) is 6.68. The van der Waals surface area contributed by atoms with Gasteiger partial charge in [-0.25, -0.2) is 4.79 Å². The Morgan fingerprint density at radius 2 is 1.86 bits per heavy atom. The Balaban J connectivity index is 1.49. The Morgan fingerprint density at radius 1 is 1.11 bits per heavy atom. The average molecular weight is 468 g/mol. The Bertz CT molecular complexity index is 1270. The molecular weight excluding hydrogens is 434 g/mol. The molecule has 1 aliphatic heterocycles. The molecule has 0 saturated carbocycles. The van der Waals surface area contributed by atoms with Gasteiger partial charge in [0.05, 0.1) is 12.7 Å². The SMILES string of the molecule is C=C(/C=C\C(=C/C)C(=O)OC)[C@@H]1C[C@H](CN[C@H](C)c2cccc3ccccc23)Oc2ccccc21. The number of nitrogens with one attached hydrogen (secondary N) is 1. The number of rotatable bonds is 8. The van der Waals surface area contributed by atoms with Gasteiger partial charge in [-0.3, -0.25) is 0 Å². The van der Waals surface area contributed by atoms with Crippen LogP contribution in [0.25, 0.3) is 10.8 Å². The third kappa shape index (κ3) is 5.55. The summed E-state index contributed by atoms with van der Waals surface area (Å²) in [5, 5.41) is 6.21. The van der Waals surface area contributed by atoms with E-state index in [1.807, 2.05) is 31.2 Å². The lowest BCUT2D eigenvalue weighted by Gasteiger charge is -2.33. The molecule has 4 rings (SSSR count). The first-order valence-corrected chi connectivity index (χ1v) is 12.1. The standard InChI is InChI=1S/C31H33NO3/c1-5-23(31(33)34-4)18-17-21(2)29-19-25(35-30-16-9-8-14-28(29)30)20-32-22(3)26-15-10-12-24-11-6-7-13-27(24)26/h5-18,22,25,29,32H,2,19-20H2,1,3-4H3/b18-17-,23-5+/t22-,25-,29+/m1/s1. The zero-order chi connectivity index (χ0) is 24.8. The van der Waals surface area contributed by atoms with E-state index in [1.54, 1.807) is 12.2 Å². The van der Waals surface area contributed by atoms with Gasteiger partial charge in [0.2, 0.25) is 0 Å². The number of allylic oxidation sites excluding steroid dienone is 3. The highest BCUT2D eigenvalue weighted by molar-refractivity contribution is 5.91. The molecule has 4 nitrogen and oxygen atoms in total. The number of methoxy groups -OCH3 is 1. The quantitative estimate of drug-likeness (QED) is 0.229. The Morgan fingerprint density at radius 3 is 2.66 bits per heavy atom. The van der Waals surface area contributed by atoms with E-state index in [4.69, 9.17) is 9.47 Å². The van der Waals surface area contributed by atoms with Crippen LogP contribution in [0, 0.1) is 0 Å².